The Balaban J connectivity index is 1.40. The first-order valence-electron chi connectivity index (χ1n) is 11.1. The van der Waals surface area contributed by atoms with Crippen molar-refractivity contribution < 1.29 is 23.9 Å². The van der Waals surface area contributed by atoms with E-state index in [1.165, 1.54) is 0 Å². The van der Waals surface area contributed by atoms with Crippen molar-refractivity contribution in [1.82, 2.24) is 25.3 Å². The van der Waals surface area contributed by atoms with Crippen LogP contribution in [0, 0.1) is 0 Å². The van der Waals surface area contributed by atoms with Gasteiger partial charge in [0.2, 0.25) is 11.8 Å². The number of anilines is 1. The van der Waals surface area contributed by atoms with Gasteiger partial charge in [0.05, 0.1) is 19.7 Å². The largest absolute Gasteiger partial charge is 0.497 e. The van der Waals surface area contributed by atoms with Gasteiger partial charge in [0.1, 0.15) is 17.8 Å². The fraction of sp³-hybridized carbons (Fsp3) is 0.545. The van der Waals surface area contributed by atoms with Crippen molar-refractivity contribution in [2.45, 2.75) is 44.4 Å². The second-order valence-electron chi connectivity index (χ2n) is 8.87. The Morgan fingerprint density at radius 2 is 1.82 bits per heavy atom. The summed E-state index contributed by atoms with van der Waals surface area (Å²) in [5.74, 6) is 0.309. The Morgan fingerprint density at radius 3 is 2.55 bits per heavy atom. The molecule has 3 aliphatic heterocycles. The van der Waals surface area contributed by atoms with Gasteiger partial charge >= 0.3 is 12.1 Å². The fourth-order valence-electron chi connectivity index (χ4n) is 4.64. The van der Waals surface area contributed by atoms with Crippen molar-refractivity contribution in [3.05, 3.63) is 24.3 Å². The molecule has 3 saturated heterocycles. The molecule has 0 bridgehead atoms. The average Bonchev–Trinajstić information content (AvgIpc) is 3.20. The molecule has 33 heavy (non-hydrogen) atoms. The number of hydrogen-bond acceptors (Lipinski definition) is 5. The molecule has 4 rings (SSSR count). The number of hydrogen-bond donors (Lipinski definition) is 3. The van der Waals surface area contributed by atoms with Crippen molar-refractivity contribution in [3.63, 3.8) is 0 Å². The molecule has 0 aromatic heterocycles. The van der Waals surface area contributed by atoms with Crippen molar-refractivity contribution >= 4 is 29.6 Å². The van der Waals surface area contributed by atoms with Crippen molar-refractivity contribution in [1.29, 1.82) is 0 Å². The van der Waals surface area contributed by atoms with Crippen LogP contribution in [0.15, 0.2) is 24.3 Å². The maximum atomic E-state index is 13.2. The lowest BCUT2D eigenvalue weighted by molar-refractivity contribution is -0.162. The molecule has 11 nitrogen and oxygen atoms in total. The molecule has 3 aliphatic rings. The lowest BCUT2D eigenvalue weighted by Gasteiger charge is -2.47. The lowest BCUT2D eigenvalue weighted by Crippen LogP contribution is -2.69. The first kappa shape index (κ1) is 22.7. The highest BCUT2D eigenvalue weighted by Crippen LogP contribution is 2.29. The minimum absolute atomic E-state index is 0.0136. The third kappa shape index (κ3) is 4.67. The molecule has 178 valence electrons. The van der Waals surface area contributed by atoms with Crippen LogP contribution < -0.4 is 20.7 Å². The minimum atomic E-state index is -0.721. The molecule has 0 aliphatic carbocycles. The van der Waals surface area contributed by atoms with Crippen LogP contribution >= 0.6 is 0 Å². The van der Waals surface area contributed by atoms with Crippen LogP contribution in [0.4, 0.5) is 15.3 Å². The number of piperazine rings is 2. The van der Waals surface area contributed by atoms with E-state index in [0.717, 1.165) is 0 Å². The standard InChI is InChI=1S/C22H30N6O5/c1-13(2)23-21(31)24-15-10-17-19(29)27-8-7-26(12-18(27)20(30)28(17)11-15)22(32)25-14-5-4-6-16(9-14)33-3/h4-6,9,13,15,17-18H,7-8,10-12H2,1-3H3,(H,25,32)(H2,23,24,31)/t15-,17-,18+/m1/s1. The van der Waals surface area contributed by atoms with Gasteiger partial charge in [-0.1, -0.05) is 6.07 Å². The SMILES string of the molecule is COc1cccc(NC(=O)N2CCN3C(=O)[C@H]4C[C@@H](NC(=O)NC(C)C)CN4C(=O)[C@@H]3C2)c1. The van der Waals surface area contributed by atoms with Crippen LogP contribution in [0.2, 0.25) is 0 Å². The van der Waals surface area contributed by atoms with E-state index in [1.54, 1.807) is 46.1 Å². The number of carbonyl (C=O) groups excluding carboxylic acids is 4. The highest BCUT2D eigenvalue weighted by molar-refractivity contribution is 5.99. The molecule has 6 amide bonds. The average molecular weight is 459 g/mol. The maximum absolute atomic E-state index is 13.2. The Hall–Kier alpha value is -3.50. The number of methoxy groups -OCH3 is 1. The molecule has 0 spiro atoms. The molecule has 0 radical (unpaired) electrons. The van der Waals surface area contributed by atoms with Crippen LogP contribution in [-0.4, -0.2) is 96.0 Å². The van der Waals surface area contributed by atoms with E-state index >= 15 is 0 Å². The summed E-state index contributed by atoms with van der Waals surface area (Å²) in [4.78, 5) is 55.9. The molecule has 11 heteroatoms. The quantitative estimate of drug-likeness (QED) is 0.604. The molecule has 0 saturated carbocycles. The summed E-state index contributed by atoms with van der Waals surface area (Å²) < 4.78 is 5.18. The van der Waals surface area contributed by atoms with Gasteiger partial charge in [0.25, 0.3) is 0 Å². The predicted molar refractivity (Wildman–Crippen MR) is 120 cm³/mol. The van der Waals surface area contributed by atoms with Gasteiger partial charge in [-0.05, 0) is 32.4 Å². The molecule has 1 aromatic rings. The van der Waals surface area contributed by atoms with Crippen LogP contribution in [0.25, 0.3) is 0 Å². The summed E-state index contributed by atoms with van der Waals surface area (Å²) >= 11 is 0. The van der Waals surface area contributed by atoms with Gasteiger partial charge < -0.3 is 35.4 Å². The molecule has 1 aromatic carbocycles. The van der Waals surface area contributed by atoms with Crippen molar-refractivity contribution in [2.24, 2.45) is 0 Å². The second-order valence-corrected chi connectivity index (χ2v) is 8.87. The second kappa shape index (κ2) is 9.16. The number of rotatable bonds is 4. The molecule has 3 atom stereocenters. The number of ether oxygens (including phenoxy) is 1. The van der Waals surface area contributed by atoms with E-state index in [4.69, 9.17) is 4.74 Å². The number of nitrogens with zero attached hydrogens (tertiary/aromatic N) is 3. The van der Waals surface area contributed by atoms with Gasteiger partial charge in [-0.15, -0.1) is 0 Å². The molecular formula is C22H30N6O5. The number of carbonyl (C=O) groups is 4. The fourth-order valence-corrected chi connectivity index (χ4v) is 4.64. The Kier molecular flexibility index (Phi) is 6.30. The zero-order valence-corrected chi connectivity index (χ0v) is 19.0. The van der Waals surface area contributed by atoms with Gasteiger partial charge in [0.15, 0.2) is 0 Å². The van der Waals surface area contributed by atoms with Gasteiger partial charge in [-0.3, -0.25) is 9.59 Å². The molecule has 3 fully saturated rings. The number of fused-ring (bicyclic) bond motifs is 2. The topological polar surface area (TPSA) is 123 Å². The molecular weight excluding hydrogens is 428 g/mol. The predicted octanol–water partition coefficient (Wildman–Crippen LogP) is 0.431. The molecule has 0 unspecified atom stereocenters. The summed E-state index contributed by atoms with van der Waals surface area (Å²) in [6.45, 7) is 4.74. The van der Waals surface area contributed by atoms with Gasteiger partial charge in [0, 0.05) is 37.4 Å². The van der Waals surface area contributed by atoms with Gasteiger partial charge in [-0.2, -0.15) is 0 Å². The van der Waals surface area contributed by atoms with E-state index in [9.17, 15) is 19.2 Å². The zero-order valence-electron chi connectivity index (χ0n) is 19.0. The van der Waals surface area contributed by atoms with Crippen LogP contribution in [-0.2, 0) is 9.59 Å². The first-order chi connectivity index (χ1) is 15.8. The third-order valence-corrected chi connectivity index (χ3v) is 6.18. The lowest BCUT2D eigenvalue weighted by atomic mass is 10.0. The minimum Gasteiger partial charge on any atom is -0.497 e. The number of nitrogens with one attached hydrogen (secondary N) is 3. The summed E-state index contributed by atoms with van der Waals surface area (Å²) in [5.41, 5.74) is 0.584. The summed E-state index contributed by atoms with van der Waals surface area (Å²) in [5, 5.41) is 8.44. The van der Waals surface area contributed by atoms with E-state index in [0.29, 0.717) is 24.4 Å². The maximum Gasteiger partial charge on any atom is 0.321 e. The Labute approximate surface area is 192 Å². The third-order valence-electron chi connectivity index (χ3n) is 6.18. The summed E-state index contributed by atoms with van der Waals surface area (Å²) in [6.07, 6.45) is 0.388. The summed E-state index contributed by atoms with van der Waals surface area (Å²) in [7, 11) is 1.55. The normalized spacial score (nSPS) is 24.4. The van der Waals surface area contributed by atoms with E-state index in [-0.39, 0.29) is 55.6 Å². The first-order valence-corrected chi connectivity index (χ1v) is 11.1. The monoisotopic (exact) mass is 458 g/mol. The number of benzene rings is 1. The number of amides is 6. The molecule has 3 N–H and O–H groups in total. The van der Waals surface area contributed by atoms with E-state index in [2.05, 4.69) is 16.0 Å². The van der Waals surface area contributed by atoms with Crippen LogP contribution in [0.3, 0.4) is 0 Å². The smallest absolute Gasteiger partial charge is 0.321 e. The van der Waals surface area contributed by atoms with Crippen molar-refractivity contribution in [3.8, 4) is 5.75 Å². The van der Waals surface area contributed by atoms with E-state index < -0.39 is 12.1 Å². The van der Waals surface area contributed by atoms with E-state index in [1.807, 2.05) is 13.8 Å². The highest BCUT2D eigenvalue weighted by atomic mass is 16.5. The van der Waals surface area contributed by atoms with Crippen LogP contribution in [0.1, 0.15) is 20.3 Å². The van der Waals surface area contributed by atoms with Crippen LogP contribution in [0.5, 0.6) is 5.75 Å². The summed E-state index contributed by atoms with van der Waals surface area (Å²) in [6, 6.07) is 4.76. The highest BCUT2D eigenvalue weighted by Gasteiger charge is 2.52. The zero-order chi connectivity index (χ0) is 23.7. The number of urea groups is 2. The molecule has 3 heterocycles. The van der Waals surface area contributed by atoms with Gasteiger partial charge in [-0.25, -0.2) is 9.59 Å². The Morgan fingerprint density at radius 1 is 1.06 bits per heavy atom. The Bertz CT molecular complexity index is 953. The van der Waals surface area contributed by atoms with Crippen molar-refractivity contribution in [2.75, 3.05) is 38.6 Å².